The molecule has 0 saturated heterocycles. The summed E-state index contributed by atoms with van der Waals surface area (Å²) in [5.41, 5.74) is 0. The lowest BCUT2D eigenvalue weighted by Gasteiger charge is -2.15. The van der Waals surface area contributed by atoms with Crippen LogP contribution in [0.3, 0.4) is 0 Å². The number of hydrogen-bond acceptors (Lipinski definition) is 4. The maximum atomic E-state index is 11.5. The molecule has 0 saturated carbocycles. The number of rotatable bonds is 8. The average molecular weight is 258 g/mol. The zero-order valence-electron chi connectivity index (χ0n) is 9.67. The molecule has 2 N–H and O–H groups in total. The Hall–Kier alpha value is -0.810. The Bertz CT molecular complexity index is 301. The quantitative estimate of drug-likeness (QED) is 0.643. The van der Waals surface area contributed by atoms with Crippen LogP contribution in [0.2, 0.25) is 0 Å². The van der Waals surface area contributed by atoms with Crippen LogP contribution in [-0.4, -0.2) is 40.1 Å². The Labute approximate surface area is 105 Å². The van der Waals surface area contributed by atoms with Gasteiger partial charge in [0.2, 0.25) is 0 Å². The van der Waals surface area contributed by atoms with E-state index in [2.05, 4.69) is 0 Å². The van der Waals surface area contributed by atoms with Gasteiger partial charge in [0, 0.05) is 11.8 Å². The van der Waals surface area contributed by atoms with Crippen LogP contribution in [0.1, 0.15) is 19.3 Å². The van der Waals surface area contributed by atoms with Crippen LogP contribution < -0.4 is 0 Å². The van der Waals surface area contributed by atoms with Crippen LogP contribution in [0, 0.1) is 11.8 Å². The van der Waals surface area contributed by atoms with Crippen molar-refractivity contribution < 1.29 is 19.8 Å². The largest absolute Gasteiger partial charge is 0.481 e. The van der Waals surface area contributed by atoms with Crippen molar-refractivity contribution in [2.75, 3.05) is 18.1 Å². The predicted octanol–water partition coefficient (Wildman–Crippen LogP) is 1.34. The fourth-order valence-electron chi connectivity index (χ4n) is 1.96. The molecule has 0 aromatic rings. The molecule has 0 heterocycles. The van der Waals surface area contributed by atoms with E-state index in [1.54, 1.807) is 12.2 Å². The van der Waals surface area contributed by atoms with E-state index >= 15 is 0 Å². The molecule has 1 rings (SSSR count). The summed E-state index contributed by atoms with van der Waals surface area (Å²) in [6.45, 7) is 0.0284. The van der Waals surface area contributed by atoms with Crippen LogP contribution in [-0.2, 0) is 9.59 Å². The normalized spacial score (nSPS) is 23.2. The molecule has 0 amide bonds. The van der Waals surface area contributed by atoms with Gasteiger partial charge in [0.1, 0.15) is 0 Å². The van der Waals surface area contributed by atoms with E-state index in [0.29, 0.717) is 0 Å². The summed E-state index contributed by atoms with van der Waals surface area (Å²) in [6.07, 6.45) is 5.95. The topological polar surface area (TPSA) is 74.6 Å². The zero-order valence-corrected chi connectivity index (χ0v) is 10.5. The lowest BCUT2D eigenvalue weighted by molar-refractivity contribution is -0.133. The summed E-state index contributed by atoms with van der Waals surface area (Å²) in [5, 5.41) is 17.5. The lowest BCUT2D eigenvalue weighted by atomic mass is 9.90. The second-order valence-electron chi connectivity index (χ2n) is 4.16. The Morgan fingerprint density at radius 2 is 2.18 bits per heavy atom. The van der Waals surface area contributed by atoms with E-state index in [1.807, 2.05) is 0 Å². The number of carbonyl (C=O) groups is 2. The second-order valence-corrected chi connectivity index (χ2v) is 5.26. The van der Waals surface area contributed by atoms with Gasteiger partial charge in [-0.3, -0.25) is 9.59 Å². The van der Waals surface area contributed by atoms with Crippen molar-refractivity contribution in [2.24, 2.45) is 11.8 Å². The summed E-state index contributed by atoms with van der Waals surface area (Å²) >= 11 is 1.40. The number of carboxylic acids is 1. The summed E-state index contributed by atoms with van der Waals surface area (Å²) in [6, 6.07) is 0. The third kappa shape index (κ3) is 4.91. The van der Waals surface area contributed by atoms with Crippen LogP contribution in [0.25, 0.3) is 0 Å². The third-order valence-electron chi connectivity index (χ3n) is 2.88. The molecule has 2 atom stereocenters. The molecule has 0 radical (unpaired) electrons. The van der Waals surface area contributed by atoms with Gasteiger partial charge in [0.15, 0.2) is 5.78 Å². The van der Waals surface area contributed by atoms with Crippen LogP contribution in [0.4, 0.5) is 0 Å². The number of carboxylic acid groups (broad SMARTS) is 1. The number of aliphatic hydroxyl groups is 1. The number of aliphatic carboxylic acids is 1. The van der Waals surface area contributed by atoms with E-state index in [1.165, 1.54) is 11.8 Å². The minimum atomic E-state index is -0.787. The fraction of sp³-hybridized carbons (Fsp3) is 0.667. The van der Waals surface area contributed by atoms with Crippen molar-refractivity contribution in [3.8, 4) is 0 Å². The molecule has 1 aliphatic rings. The van der Waals surface area contributed by atoms with Crippen molar-refractivity contribution in [1.29, 1.82) is 0 Å². The first-order valence-corrected chi connectivity index (χ1v) is 6.93. The number of thioether (sulfide) groups is 1. The van der Waals surface area contributed by atoms with Crippen molar-refractivity contribution in [1.82, 2.24) is 0 Å². The van der Waals surface area contributed by atoms with Gasteiger partial charge in [-0.1, -0.05) is 12.5 Å². The smallest absolute Gasteiger partial charge is 0.313 e. The molecular weight excluding hydrogens is 240 g/mol. The van der Waals surface area contributed by atoms with E-state index in [-0.39, 0.29) is 30.0 Å². The highest BCUT2D eigenvalue weighted by molar-refractivity contribution is 7.99. The molecule has 0 aromatic heterocycles. The molecule has 1 aliphatic carbocycles. The zero-order chi connectivity index (χ0) is 12.7. The van der Waals surface area contributed by atoms with E-state index in [4.69, 9.17) is 10.2 Å². The molecule has 5 heteroatoms. The van der Waals surface area contributed by atoms with Gasteiger partial charge in [-0.25, -0.2) is 0 Å². The lowest BCUT2D eigenvalue weighted by Crippen LogP contribution is -2.18. The molecule has 0 spiro atoms. The number of unbranched alkanes of at least 4 members (excludes halogenated alkanes) is 1. The van der Waals surface area contributed by atoms with E-state index < -0.39 is 5.97 Å². The fourth-order valence-corrected chi connectivity index (χ4v) is 2.69. The van der Waals surface area contributed by atoms with Crippen molar-refractivity contribution >= 4 is 23.5 Å². The molecule has 0 bridgehead atoms. The minimum Gasteiger partial charge on any atom is -0.481 e. The van der Waals surface area contributed by atoms with Gasteiger partial charge < -0.3 is 10.2 Å². The standard InChI is InChI=1S/C12H18O4S/c13-7-9-4-5-11(14)10(9)3-1-2-6-17-8-12(15)16/h4-5,9-10,13H,1-3,6-8H2,(H,15,16)/t9-,10-/m1/s1. The first kappa shape index (κ1) is 14.3. The highest BCUT2D eigenvalue weighted by atomic mass is 32.2. The molecule has 17 heavy (non-hydrogen) atoms. The van der Waals surface area contributed by atoms with Gasteiger partial charge in [0.25, 0.3) is 0 Å². The summed E-state index contributed by atoms with van der Waals surface area (Å²) < 4.78 is 0. The van der Waals surface area contributed by atoms with Crippen LogP contribution in [0.5, 0.6) is 0 Å². The van der Waals surface area contributed by atoms with Crippen LogP contribution >= 0.6 is 11.8 Å². The number of hydrogen-bond donors (Lipinski definition) is 2. The highest BCUT2D eigenvalue weighted by Crippen LogP contribution is 2.27. The third-order valence-corrected chi connectivity index (χ3v) is 3.91. The second kappa shape index (κ2) is 7.50. The first-order valence-electron chi connectivity index (χ1n) is 5.77. The number of allylic oxidation sites excluding steroid dienone is 1. The minimum absolute atomic E-state index is 0.0193. The number of ketones is 1. The molecule has 0 aromatic carbocycles. The molecule has 96 valence electrons. The van der Waals surface area contributed by atoms with Crippen molar-refractivity contribution in [2.45, 2.75) is 19.3 Å². The number of aliphatic hydroxyl groups excluding tert-OH is 1. The molecular formula is C12H18O4S. The summed E-state index contributed by atoms with van der Waals surface area (Å²) in [5.74, 6) is 0.194. The SMILES string of the molecule is O=C(O)CSCCCC[C@H]1C(=O)C=C[C@@H]1CO. The van der Waals surface area contributed by atoms with E-state index in [9.17, 15) is 9.59 Å². The van der Waals surface area contributed by atoms with Gasteiger partial charge in [-0.2, -0.15) is 11.8 Å². The Morgan fingerprint density at radius 1 is 1.41 bits per heavy atom. The first-order chi connectivity index (χ1) is 8.15. The predicted molar refractivity (Wildman–Crippen MR) is 67.0 cm³/mol. The summed E-state index contributed by atoms with van der Waals surface area (Å²) in [4.78, 5) is 21.7. The van der Waals surface area contributed by atoms with Crippen molar-refractivity contribution in [3.63, 3.8) is 0 Å². The maximum Gasteiger partial charge on any atom is 0.313 e. The van der Waals surface area contributed by atoms with Gasteiger partial charge >= 0.3 is 5.97 Å². The number of carbonyl (C=O) groups excluding carboxylic acids is 1. The maximum absolute atomic E-state index is 11.5. The van der Waals surface area contributed by atoms with Crippen molar-refractivity contribution in [3.05, 3.63) is 12.2 Å². The van der Waals surface area contributed by atoms with Gasteiger partial charge in [-0.05, 0) is 24.7 Å². The molecule has 0 unspecified atom stereocenters. The Kier molecular flexibility index (Phi) is 6.29. The molecule has 0 fully saturated rings. The monoisotopic (exact) mass is 258 g/mol. The van der Waals surface area contributed by atoms with Gasteiger partial charge in [-0.15, -0.1) is 0 Å². The van der Waals surface area contributed by atoms with Crippen LogP contribution in [0.15, 0.2) is 12.2 Å². The van der Waals surface area contributed by atoms with E-state index in [0.717, 1.165) is 25.0 Å². The molecule has 4 nitrogen and oxygen atoms in total. The highest BCUT2D eigenvalue weighted by Gasteiger charge is 2.28. The average Bonchev–Trinajstić information content (AvgIpc) is 2.64. The Balaban J connectivity index is 2.10. The summed E-state index contributed by atoms with van der Waals surface area (Å²) in [7, 11) is 0. The van der Waals surface area contributed by atoms with Gasteiger partial charge in [0.05, 0.1) is 12.4 Å². The molecule has 0 aliphatic heterocycles. The Morgan fingerprint density at radius 3 is 2.82 bits per heavy atom.